The summed E-state index contributed by atoms with van der Waals surface area (Å²) in [5.74, 6) is -0.352. The lowest BCUT2D eigenvalue weighted by molar-refractivity contribution is -0.0365. The second kappa shape index (κ2) is 10.1. The molecule has 6 rings (SSSR count). The first kappa shape index (κ1) is 24.9. The average Bonchev–Trinajstić information content (AvgIpc) is 3.63. The van der Waals surface area contributed by atoms with Gasteiger partial charge in [-0.05, 0) is 56.9 Å². The number of fused-ring (bicyclic) bond motifs is 2. The number of hydrogen-bond acceptors (Lipinski definition) is 5. The second-order valence-corrected chi connectivity index (χ2v) is 10.7. The number of carbonyl (C=O) groups is 1. The molecule has 8 nitrogen and oxygen atoms in total. The van der Waals surface area contributed by atoms with Gasteiger partial charge >= 0.3 is 0 Å². The molecule has 1 aliphatic carbocycles. The Kier molecular flexibility index (Phi) is 6.59. The third-order valence-corrected chi connectivity index (χ3v) is 7.96. The zero-order valence-electron chi connectivity index (χ0n) is 21.7. The van der Waals surface area contributed by atoms with E-state index < -0.39 is 11.6 Å². The number of imidazole rings is 1. The van der Waals surface area contributed by atoms with Crippen molar-refractivity contribution in [2.45, 2.75) is 58.6 Å². The van der Waals surface area contributed by atoms with Crippen molar-refractivity contribution < 1.29 is 18.3 Å². The smallest absolute Gasteiger partial charge is 0.272 e. The lowest BCUT2D eigenvalue weighted by Crippen LogP contribution is -2.35. The number of aromatic nitrogens is 5. The summed E-state index contributed by atoms with van der Waals surface area (Å²) >= 11 is 0. The summed E-state index contributed by atoms with van der Waals surface area (Å²) in [6.07, 6.45) is 10.2. The molecular weight excluding hydrogens is 490 g/mol. The Morgan fingerprint density at radius 1 is 1.16 bits per heavy atom. The summed E-state index contributed by atoms with van der Waals surface area (Å²) in [5.41, 5.74) is 1.97. The minimum Gasteiger partial charge on any atom is -0.356 e. The maximum atomic E-state index is 14.4. The lowest BCUT2D eigenvalue weighted by Gasteiger charge is -2.25. The van der Waals surface area contributed by atoms with Crippen LogP contribution >= 0.6 is 0 Å². The summed E-state index contributed by atoms with van der Waals surface area (Å²) in [7, 11) is 0. The Morgan fingerprint density at radius 3 is 2.76 bits per heavy atom. The van der Waals surface area contributed by atoms with Crippen molar-refractivity contribution in [1.29, 1.82) is 0 Å². The van der Waals surface area contributed by atoms with Crippen molar-refractivity contribution in [3.63, 3.8) is 0 Å². The Balaban J connectivity index is 1.43. The van der Waals surface area contributed by atoms with Crippen LogP contribution in [0.2, 0.25) is 0 Å². The van der Waals surface area contributed by atoms with Crippen LogP contribution in [0.4, 0.5) is 8.78 Å². The Hall–Kier alpha value is -3.40. The van der Waals surface area contributed by atoms with Crippen molar-refractivity contribution in [1.82, 2.24) is 29.0 Å². The number of halogens is 2. The van der Waals surface area contributed by atoms with Crippen LogP contribution in [-0.2, 0) is 4.74 Å². The molecule has 4 aromatic rings. The zero-order chi connectivity index (χ0) is 26.4. The van der Waals surface area contributed by atoms with Crippen molar-refractivity contribution in [2.24, 2.45) is 11.8 Å². The lowest BCUT2D eigenvalue weighted by atomic mass is 10.1. The molecule has 1 amide bonds. The van der Waals surface area contributed by atoms with E-state index in [1.807, 2.05) is 11.8 Å². The molecule has 38 heavy (non-hydrogen) atoms. The number of amides is 1. The normalized spacial score (nSPS) is 21.9. The number of rotatable bonds is 6. The molecule has 0 spiro atoms. The maximum Gasteiger partial charge on any atom is 0.272 e. The molecule has 5 heterocycles. The Labute approximate surface area is 219 Å². The fraction of sp³-hybridized carbons (Fsp3) is 0.500. The maximum absolute atomic E-state index is 14.4. The van der Waals surface area contributed by atoms with Crippen molar-refractivity contribution in [3.05, 3.63) is 48.1 Å². The van der Waals surface area contributed by atoms with Crippen LogP contribution in [0, 0.1) is 23.5 Å². The molecule has 0 bridgehead atoms. The molecule has 3 atom stereocenters. The molecule has 1 aliphatic heterocycles. The van der Waals surface area contributed by atoms with Crippen LogP contribution in [-0.4, -0.2) is 54.7 Å². The van der Waals surface area contributed by atoms with Gasteiger partial charge in [0.05, 0.1) is 17.4 Å². The van der Waals surface area contributed by atoms with Gasteiger partial charge in [0.1, 0.15) is 17.2 Å². The van der Waals surface area contributed by atoms with E-state index in [9.17, 15) is 13.6 Å². The summed E-state index contributed by atoms with van der Waals surface area (Å²) in [5, 5.41) is 5.50. The van der Waals surface area contributed by atoms with Crippen molar-refractivity contribution in [3.8, 4) is 11.4 Å². The molecule has 1 saturated heterocycles. The van der Waals surface area contributed by atoms with Gasteiger partial charge in [0, 0.05) is 43.5 Å². The van der Waals surface area contributed by atoms with E-state index in [0.717, 1.165) is 44.7 Å². The summed E-state index contributed by atoms with van der Waals surface area (Å²) in [6.45, 7) is 6.23. The molecule has 2 fully saturated rings. The van der Waals surface area contributed by atoms with Gasteiger partial charge in [-0.3, -0.25) is 14.2 Å². The average molecular weight is 523 g/mol. The Bertz CT molecular complexity index is 1490. The quantitative estimate of drug-likeness (QED) is 0.328. The van der Waals surface area contributed by atoms with Crippen LogP contribution < -0.4 is 0 Å². The largest absolute Gasteiger partial charge is 0.356 e. The van der Waals surface area contributed by atoms with E-state index in [-0.39, 0.29) is 17.8 Å². The summed E-state index contributed by atoms with van der Waals surface area (Å²) in [4.78, 5) is 24.2. The standard InChI is InChI=1S/C28H32F2N6O2/c1-3-34(15-18-8-7-17(2)10-18)28(37)22-12-23-20(13-31-22)26(33-36(23)25-6-4-5-9-38-25)24-14-32-27-21(30)11-19(29)16-35(24)27/h11-14,16-18,25H,3-10,15H2,1-2H3. The Morgan fingerprint density at radius 2 is 2.03 bits per heavy atom. The number of pyridine rings is 2. The van der Waals surface area contributed by atoms with E-state index in [0.29, 0.717) is 53.0 Å². The van der Waals surface area contributed by atoms with Crippen LogP contribution in [0.1, 0.15) is 69.1 Å². The predicted octanol–water partition coefficient (Wildman–Crippen LogP) is 5.62. The highest BCUT2D eigenvalue weighted by Crippen LogP contribution is 2.34. The van der Waals surface area contributed by atoms with E-state index in [1.54, 1.807) is 16.9 Å². The first-order valence-corrected chi connectivity index (χ1v) is 13.5. The van der Waals surface area contributed by atoms with Crippen LogP contribution in [0.25, 0.3) is 27.9 Å². The highest BCUT2D eigenvalue weighted by Gasteiger charge is 2.28. The minimum absolute atomic E-state index is 0.0117. The van der Waals surface area contributed by atoms with Gasteiger partial charge in [0.25, 0.3) is 5.91 Å². The summed E-state index contributed by atoms with van der Waals surface area (Å²) < 4.78 is 37.7. The first-order chi connectivity index (χ1) is 18.4. The SMILES string of the molecule is CCN(CC1CCC(C)C1)C(=O)c1cc2c(cn1)c(-c1cnc3c(F)cc(F)cn13)nn2C1CCCCO1. The molecule has 2 aliphatic rings. The number of carbonyl (C=O) groups excluding carboxylic acids is 1. The van der Waals surface area contributed by atoms with Gasteiger partial charge in [-0.25, -0.2) is 18.4 Å². The molecule has 0 N–H and O–H groups in total. The molecule has 3 unspecified atom stereocenters. The molecule has 4 aromatic heterocycles. The first-order valence-electron chi connectivity index (χ1n) is 13.5. The van der Waals surface area contributed by atoms with Crippen LogP contribution in [0.5, 0.6) is 0 Å². The molecule has 0 aromatic carbocycles. The minimum atomic E-state index is -0.752. The highest BCUT2D eigenvalue weighted by atomic mass is 19.1. The van der Waals surface area contributed by atoms with Crippen molar-refractivity contribution >= 4 is 22.5 Å². The fourth-order valence-electron chi connectivity index (χ4n) is 5.98. The van der Waals surface area contributed by atoms with Crippen LogP contribution in [0.15, 0.2) is 30.7 Å². The topological polar surface area (TPSA) is 77.5 Å². The summed E-state index contributed by atoms with van der Waals surface area (Å²) in [6, 6.07) is 2.58. The highest BCUT2D eigenvalue weighted by molar-refractivity contribution is 5.99. The number of hydrogen-bond donors (Lipinski definition) is 0. The van der Waals surface area contributed by atoms with E-state index in [1.165, 1.54) is 23.2 Å². The van der Waals surface area contributed by atoms with Gasteiger partial charge in [0.2, 0.25) is 0 Å². The van der Waals surface area contributed by atoms with Crippen molar-refractivity contribution in [2.75, 3.05) is 19.7 Å². The monoisotopic (exact) mass is 522 g/mol. The second-order valence-electron chi connectivity index (χ2n) is 10.7. The zero-order valence-corrected chi connectivity index (χ0v) is 21.7. The molecule has 0 radical (unpaired) electrons. The van der Waals surface area contributed by atoms with Gasteiger partial charge < -0.3 is 9.64 Å². The van der Waals surface area contributed by atoms with Crippen LogP contribution in [0.3, 0.4) is 0 Å². The van der Waals surface area contributed by atoms with Gasteiger partial charge in [-0.1, -0.05) is 13.3 Å². The fourth-order valence-corrected chi connectivity index (χ4v) is 5.98. The van der Waals surface area contributed by atoms with Gasteiger partial charge in [0.15, 0.2) is 17.7 Å². The number of ether oxygens (including phenoxy) is 1. The third kappa shape index (κ3) is 4.44. The number of nitrogens with zero attached hydrogens (tertiary/aromatic N) is 6. The van der Waals surface area contributed by atoms with E-state index >= 15 is 0 Å². The van der Waals surface area contributed by atoms with E-state index in [4.69, 9.17) is 9.84 Å². The predicted molar refractivity (Wildman–Crippen MR) is 139 cm³/mol. The third-order valence-electron chi connectivity index (χ3n) is 7.96. The molecular formula is C28H32F2N6O2. The van der Waals surface area contributed by atoms with Gasteiger partial charge in [-0.15, -0.1) is 0 Å². The van der Waals surface area contributed by atoms with Gasteiger partial charge in [-0.2, -0.15) is 5.10 Å². The molecule has 200 valence electrons. The van der Waals surface area contributed by atoms with E-state index in [2.05, 4.69) is 16.9 Å². The molecule has 10 heteroatoms. The molecule has 1 saturated carbocycles.